The topological polar surface area (TPSA) is 27.7 Å². The summed E-state index contributed by atoms with van der Waals surface area (Å²) < 4.78 is 17.8. The Balaban J connectivity index is 1.98. The third-order valence-corrected chi connectivity index (χ3v) is 12.8. The molecule has 0 aromatic heterocycles. The summed E-state index contributed by atoms with van der Waals surface area (Å²) in [6.45, 7) is 21.0. The number of rotatable bonds is 17. The molecule has 2 aromatic rings. The first-order valence-electron chi connectivity index (χ1n) is 14.8. The quantitative estimate of drug-likeness (QED) is 0.116. The van der Waals surface area contributed by atoms with Crippen LogP contribution in [0.2, 0.25) is 5.04 Å². The van der Waals surface area contributed by atoms with Crippen LogP contribution in [0.15, 0.2) is 60.7 Å². The highest BCUT2D eigenvalue weighted by Gasteiger charge is 2.50. The SMILES string of the molecule is COCOC[C@@H](C)C[C@@H](C)C[C@@H](C)C[C@@H](C)C[C@@H](C)CO[Si](c1ccccc1)(c1ccccc1)C(C)(C)C. The zero-order valence-electron chi connectivity index (χ0n) is 25.8. The maximum atomic E-state index is 7.20. The zero-order valence-corrected chi connectivity index (χ0v) is 26.8. The molecule has 0 unspecified atom stereocenters. The highest BCUT2D eigenvalue weighted by Crippen LogP contribution is 2.37. The average molecular weight is 541 g/mol. The molecule has 3 nitrogen and oxygen atoms in total. The minimum absolute atomic E-state index is 0.0252. The molecule has 0 fully saturated rings. The van der Waals surface area contributed by atoms with Gasteiger partial charge in [0.25, 0.3) is 8.32 Å². The van der Waals surface area contributed by atoms with Crippen molar-refractivity contribution in [3.05, 3.63) is 60.7 Å². The molecule has 38 heavy (non-hydrogen) atoms. The largest absolute Gasteiger partial charge is 0.407 e. The van der Waals surface area contributed by atoms with Crippen molar-refractivity contribution in [2.45, 2.75) is 86.1 Å². The van der Waals surface area contributed by atoms with Crippen LogP contribution < -0.4 is 10.4 Å². The fraction of sp³-hybridized carbons (Fsp3) is 0.647. The molecular weight excluding hydrogens is 484 g/mol. The van der Waals surface area contributed by atoms with E-state index in [1.54, 1.807) is 7.11 Å². The van der Waals surface area contributed by atoms with Crippen LogP contribution in [0, 0.1) is 29.6 Å². The lowest BCUT2D eigenvalue weighted by atomic mass is 9.83. The number of benzene rings is 2. The van der Waals surface area contributed by atoms with Gasteiger partial charge in [0.15, 0.2) is 0 Å². The molecule has 4 heteroatoms. The van der Waals surface area contributed by atoms with Crippen LogP contribution >= 0.6 is 0 Å². The first-order chi connectivity index (χ1) is 18.0. The molecule has 2 aromatic carbocycles. The second-order valence-electron chi connectivity index (χ2n) is 13.2. The Labute approximate surface area is 235 Å². The molecule has 5 atom stereocenters. The van der Waals surface area contributed by atoms with E-state index in [2.05, 4.69) is 116 Å². The molecular formula is C34H56O3Si. The summed E-state index contributed by atoms with van der Waals surface area (Å²) >= 11 is 0. The van der Waals surface area contributed by atoms with Crippen molar-refractivity contribution < 1.29 is 13.9 Å². The molecule has 2 rings (SSSR count). The van der Waals surface area contributed by atoms with Crippen molar-refractivity contribution >= 4 is 18.7 Å². The van der Waals surface area contributed by atoms with Gasteiger partial charge in [0, 0.05) is 13.7 Å². The molecule has 0 spiro atoms. The van der Waals surface area contributed by atoms with Gasteiger partial charge < -0.3 is 13.9 Å². The van der Waals surface area contributed by atoms with Crippen LogP contribution in [0.5, 0.6) is 0 Å². The van der Waals surface area contributed by atoms with Gasteiger partial charge in [-0.15, -0.1) is 0 Å². The second-order valence-corrected chi connectivity index (χ2v) is 17.5. The summed E-state index contributed by atoms with van der Waals surface area (Å²) in [6, 6.07) is 22.0. The normalized spacial score (nSPS) is 16.6. The van der Waals surface area contributed by atoms with E-state index in [4.69, 9.17) is 13.9 Å². The van der Waals surface area contributed by atoms with E-state index in [0.717, 1.165) is 19.1 Å². The van der Waals surface area contributed by atoms with Crippen LogP contribution in [0.3, 0.4) is 0 Å². The van der Waals surface area contributed by atoms with Gasteiger partial charge in [-0.2, -0.15) is 0 Å². The molecule has 0 radical (unpaired) electrons. The number of hydrogen-bond donors (Lipinski definition) is 0. The van der Waals surface area contributed by atoms with Gasteiger partial charge in [0.2, 0.25) is 0 Å². The van der Waals surface area contributed by atoms with Crippen molar-refractivity contribution in [1.29, 1.82) is 0 Å². The summed E-state index contributed by atoms with van der Waals surface area (Å²) in [4.78, 5) is 0. The Kier molecular flexibility index (Phi) is 13.8. The van der Waals surface area contributed by atoms with Crippen LogP contribution in [-0.2, 0) is 13.9 Å². The lowest BCUT2D eigenvalue weighted by Crippen LogP contribution is -2.66. The summed E-state index contributed by atoms with van der Waals surface area (Å²) in [5, 5.41) is 2.75. The highest BCUT2D eigenvalue weighted by molar-refractivity contribution is 6.99. The second kappa shape index (κ2) is 16.0. The van der Waals surface area contributed by atoms with E-state index < -0.39 is 8.32 Å². The molecule has 0 aliphatic carbocycles. The Morgan fingerprint density at radius 2 is 1.00 bits per heavy atom. The Morgan fingerprint density at radius 3 is 1.39 bits per heavy atom. The molecule has 214 valence electrons. The van der Waals surface area contributed by atoms with E-state index >= 15 is 0 Å². The third kappa shape index (κ3) is 9.93. The maximum Gasteiger partial charge on any atom is 0.261 e. The lowest BCUT2D eigenvalue weighted by Gasteiger charge is -2.43. The maximum absolute atomic E-state index is 7.20. The molecule has 0 amide bonds. The zero-order chi connectivity index (χ0) is 28.2. The van der Waals surface area contributed by atoms with Gasteiger partial charge in [-0.3, -0.25) is 0 Å². The van der Waals surface area contributed by atoms with Gasteiger partial charge in [0.1, 0.15) is 6.79 Å². The van der Waals surface area contributed by atoms with Crippen molar-refractivity contribution in [3.63, 3.8) is 0 Å². The predicted molar refractivity (Wildman–Crippen MR) is 166 cm³/mol. The standard InChI is InChI=1S/C34H56O3Si/c1-27(20-28(2)22-30(4)24-36-26-35-9)21-29(3)23-31(5)25-37-38(34(6,7)8,32-16-12-10-13-17-32)33-18-14-11-15-19-33/h10-19,27-31H,20-26H2,1-9H3/t27-,28+,29-,30+,31-/m1/s1. The predicted octanol–water partition coefficient (Wildman–Crippen LogP) is 7.92. The lowest BCUT2D eigenvalue weighted by molar-refractivity contribution is -0.0437. The highest BCUT2D eigenvalue weighted by atomic mass is 28.4. The summed E-state index contributed by atoms with van der Waals surface area (Å²) in [6.07, 6.45) is 4.98. The molecule has 0 aliphatic rings. The van der Waals surface area contributed by atoms with Crippen molar-refractivity contribution in [1.82, 2.24) is 0 Å². The van der Waals surface area contributed by atoms with Gasteiger partial charge in [-0.1, -0.05) is 116 Å². The van der Waals surface area contributed by atoms with E-state index in [0.29, 0.717) is 30.5 Å². The first-order valence-corrected chi connectivity index (χ1v) is 16.7. The van der Waals surface area contributed by atoms with E-state index in [1.807, 2.05) is 0 Å². The van der Waals surface area contributed by atoms with Crippen LogP contribution in [-0.4, -0.2) is 35.4 Å². The molecule has 0 aliphatic heterocycles. The van der Waals surface area contributed by atoms with Crippen LogP contribution in [0.1, 0.15) is 81.1 Å². The van der Waals surface area contributed by atoms with E-state index in [1.165, 1.54) is 36.1 Å². The smallest absolute Gasteiger partial charge is 0.261 e. The first kappa shape index (κ1) is 32.7. The number of methoxy groups -OCH3 is 1. The fourth-order valence-electron chi connectivity index (χ4n) is 6.53. The molecule has 0 heterocycles. The Bertz CT molecular complexity index is 840. The van der Waals surface area contributed by atoms with Gasteiger partial charge in [0.05, 0.1) is 6.61 Å². The van der Waals surface area contributed by atoms with Gasteiger partial charge in [-0.05, 0) is 70.7 Å². The molecule has 0 saturated carbocycles. The van der Waals surface area contributed by atoms with Crippen molar-refractivity contribution in [3.8, 4) is 0 Å². The van der Waals surface area contributed by atoms with Gasteiger partial charge >= 0.3 is 0 Å². The Morgan fingerprint density at radius 1 is 0.605 bits per heavy atom. The van der Waals surface area contributed by atoms with Crippen LogP contribution in [0.25, 0.3) is 0 Å². The number of hydrogen-bond acceptors (Lipinski definition) is 3. The van der Waals surface area contributed by atoms with E-state index in [-0.39, 0.29) is 5.04 Å². The third-order valence-electron chi connectivity index (χ3n) is 7.82. The molecule has 0 saturated heterocycles. The molecule has 0 bridgehead atoms. The number of ether oxygens (including phenoxy) is 2. The minimum Gasteiger partial charge on any atom is -0.407 e. The van der Waals surface area contributed by atoms with Gasteiger partial charge in [-0.25, -0.2) is 0 Å². The minimum atomic E-state index is -2.46. The van der Waals surface area contributed by atoms with Crippen molar-refractivity contribution in [2.75, 3.05) is 27.1 Å². The Hall–Kier alpha value is -1.46. The molecule has 0 N–H and O–H groups in total. The average Bonchev–Trinajstić information content (AvgIpc) is 2.84. The summed E-state index contributed by atoms with van der Waals surface area (Å²) in [5.41, 5.74) is 0. The van der Waals surface area contributed by atoms with Crippen molar-refractivity contribution in [2.24, 2.45) is 29.6 Å². The monoisotopic (exact) mass is 540 g/mol. The fourth-order valence-corrected chi connectivity index (χ4v) is 11.2. The van der Waals surface area contributed by atoms with Crippen LogP contribution in [0.4, 0.5) is 0 Å². The van der Waals surface area contributed by atoms with E-state index in [9.17, 15) is 0 Å². The summed E-state index contributed by atoms with van der Waals surface area (Å²) in [7, 11) is -0.784. The summed E-state index contributed by atoms with van der Waals surface area (Å²) in [5.74, 6) is 3.24.